The third-order valence-corrected chi connectivity index (χ3v) is 2.74. The van der Waals surface area contributed by atoms with E-state index in [1.165, 1.54) is 11.3 Å². The Morgan fingerprint density at radius 3 is 2.29 bits per heavy atom. The third-order valence-electron chi connectivity index (χ3n) is 2.74. The van der Waals surface area contributed by atoms with Gasteiger partial charge < -0.3 is 10.2 Å². The fourth-order valence-electron chi connectivity index (χ4n) is 1.37. The van der Waals surface area contributed by atoms with Crippen LogP contribution >= 0.6 is 0 Å². The second-order valence-corrected chi connectivity index (χ2v) is 3.62. The first-order chi connectivity index (χ1) is 6.69. The molecule has 0 bridgehead atoms. The van der Waals surface area contributed by atoms with E-state index < -0.39 is 0 Å². The van der Waals surface area contributed by atoms with E-state index in [1.807, 2.05) is 7.05 Å². The molecule has 14 heavy (non-hydrogen) atoms. The van der Waals surface area contributed by atoms with Crippen LogP contribution in [0.25, 0.3) is 0 Å². The van der Waals surface area contributed by atoms with Crippen molar-refractivity contribution in [3.8, 4) is 0 Å². The van der Waals surface area contributed by atoms with Crippen molar-refractivity contribution in [3.63, 3.8) is 0 Å². The van der Waals surface area contributed by atoms with Crippen LogP contribution in [0.4, 0.5) is 5.69 Å². The molecule has 0 heterocycles. The molecular formula is C12H20N2. The predicted molar refractivity (Wildman–Crippen MR) is 62.9 cm³/mol. The molecule has 0 fully saturated rings. The maximum atomic E-state index is 3.23. The van der Waals surface area contributed by atoms with Gasteiger partial charge in [-0.2, -0.15) is 0 Å². The van der Waals surface area contributed by atoms with Crippen LogP contribution < -0.4 is 10.2 Å². The van der Waals surface area contributed by atoms with Crippen molar-refractivity contribution >= 4 is 5.69 Å². The normalized spacial score (nSPS) is 12.6. The van der Waals surface area contributed by atoms with Crippen molar-refractivity contribution in [3.05, 3.63) is 29.8 Å². The molecule has 0 radical (unpaired) electrons. The second-order valence-electron chi connectivity index (χ2n) is 3.62. The Kier molecular flexibility index (Phi) is 3.96. The summed E-state index contributed by atoms with van der Waals surface area (Å²) in [4.78, 5) is 2.23. The summed E-state index contributed by atoms with van der Waals surface area (Å²) < 4.78 is 0. The summed E-state index contributed by atoms with van der Waals surface area (Å²) in [5.74, 6) is 0. The number of nitrogens with zero attached hydrogens (tertiary/aromatic N) is 1. The first kappa shape index (κ1) is 11.1. The molecule has 2 nitrogen and oxygen atoms in total. The van der Waals surface area contributed by atoms with Gasteiger partial charge in [0.25, 0.3) is 0 Å². The Labute approximate surface area is 86.9 Å². The van der Waals surface area contributed by atoms with E-state index in [1.54, 1.807) is 0 Å². The van der Waals surface area contributed by atoms with E-state index in [0.29, 0.717) is 6.04 Å². The molecule has 0 aliphatic rings. The lowest BCUT2D eigenvalue weighted by atomic mass is 10.1. The summed E-state index contributed by atoms with van der Waals surface area (Å²) in [6, 6.07) is 9.14. The maximum absolute atomic E-state index is 3.23. The number of hydrogen-bond acceptors (Lipinski definition) is 2. The third kappa shape index (κ3) is 2.48. The molecule has 2 heteroatoms. The van der Waals surface area contributed by atoms with Crippen LogP contribution in [0.5, 0.6) is 0 Å². The largest absolute Gasteiger partial charge is 0.375 e. The monoisotopic (exact) mass is 192 g/mol. The van der Waals surface area contributed by atoms with Gasteiger partial charge in [0.1, 0.15) is 0 Å². The molecule has 1 N–H and O–H groups in total. The highest BCUT2D eigenvalue weighted by Crippen LogP contribution is 2.17. The zero-order chi connectivity index (χ0) is 10.6. The van der Waals surface area contributed by atoms with Crippen LogP contribution in [0.1, 0.15) is 25.5 Å². The summed E-state index contributed by atoms with van der Waals surface area (Å²) in [7, 11) is 4.09. The van der Waals surface area contributed by atoms with Crippen molar-refractivity contribution in [2.45, 2.75) is 19.9 Å². The lowest BCUT2D eigenvalue weighted by Gasteiger charge is -2.18. The molecule has 0 aliphatic heterocycles. The molecule has 0 aromatic heterocycles. The molecule has 0 aliphatic carbocycles. The molecule has 1 rings (SSSR count). The van der Waals surface area contributed by atoms with Gasteiger partial charge in [-0.3, -0.25) is 0 Å². The fourth-order valence-corrected chi connectivity index (χ4v) is 1.37. The van der Waals surface area contributed by atoms with E-state index >= 15 is 0 Å². The zero-order valence-electron chi connectivity index (χ0n) is 9.54. The summed E-state index contributed by atoms with van der Waals surface area (Å²) in [5, 5.41) is 3.23. The molecule has 0 amide bonds. The minimum atomic E-state index is 0.427. The van der Waals surface area contributed by atoms with E-state index in [0.717, 1.165) is 6.54 Å². The molecule has 0 spiro atoms. The summed E-state index contributed by atoms with van der Waals surface area (Å²) in [6.45, 7) is 5.36. The second kappa shape index (κ2) is 5.01. The Bertz CT molecular complexity index is 237. The number of rotatable bonds is 4. The number of benzene rings is 1. The first-order valence-corrected chi connectivity index (χ1v) is 5.17. The smallest absolute Gasteiger partial charge is 0.0363 e. The Morgan fingerprint density at radius 2 is 1.86 bits per heavy atom. The van der Waals surface area contributed by atoms with Crippen molar-refractivity contribution < 1.29 is 0 Å². The standard InChI is InChI=1S/C12H20N2/c1-5-14(4)12-8-6-11(7-9-12)10(2)13-3/h6-10,13H,5H2,1-4H3. The van der Waals surface area contributed by atoms with Gasteiger partial charge in [0.05, 0.1) is 0 Å². The molecule has 0 saturated carbocycles. The molecule has 0 saturated heterocycles. The lowest BCUT2D eigenvalue weighted by molar-refractivity contribution is 0.652. The average Bonchev–Trinajstić information content (AvgIpc) is 2.27. The summed E-state index contributed by atoms with van der Waals surface area (Å²) in [5.41, 5.74) is 2.61. The number of anilines is 1. The van der Waals surface area contributed by atoms with Gasteiger partial charge in [0.15, 0.2) is 0 Å². The van der Waals surface area contributed by atoms with Gasteiger partial charge in [-0.15, -0.1) is 0 Å². The highest BCUT2D eigenvalue weighted by Gasteiger charge is 2.02. The van der Waals surface area contributed by atoms with Gasteiger partial charge in [-0.05, 0) is 38.6 Å². The van der Waals surface area contributed by atoms with Crippen molar-refractivity contribution in [2.75, 3.05) is 25.5 Å². The molecule has 78 valence electrons. The number of nitrogens with one attached hydrogen (secondary N) is 1. The van der Waals surface area contributed by atoms with Crippen LogP contribution in [0.3, 0.4) is 0 Å². The van der Waals surface area contributed by atoms with Crippen LogP contribution in [0.15, 0.2) is 24.3 Å². The van der Waals surface area contributed by atoms with Gasteiger partial charge in [0, 0.05) is 25.3 Å². The molecule has 1 atom stereocenters. The Morgan fingerprint density at radius 1 is 1.29 bits per heavy atom. The summed E-state index contributed by atoms with van der Waals surface area (Å²) >= 11 is 0. The molecule has 1 unspecified atom stereocenters. The molecule has 1 aromatic carbocycles. The van der Waals surface area contributed by atoms with E-state index in [9.17, 15) is 0 Å². The minimum absolute atomic E-state index is 0.427. The van der Waals surface area contributed by atoms with Crippen LogP contribution in [-0.4, -0.2) is 20.6 Å². The average molecular weight is 192 g/mol. The first-order valence-electron chi connectivity index (χ1n) is 5.17. The van der Waals surface area contributed by atoms with Gasteiger partial charge in [-0.25, -0.2) is 0 Å². The topological polar surface area (TPSA) is 15.3 Å². The Hall–Kier alpha value is -1.02. The van der Waals surface area contributed by atoms with Gasteiger partial charge >= 0.3 is 0 Å². The van der Waals surface area contributed by atoms with E-state index in [-0.39, 0.29) is 0 Å². The van der Waals surface area contributed by atoms with Crippen molar-refractivity contribution in [2.24, 2.45) is 0 Å². The minimum Gasteiger partial charge on any atom is -0.375 e. The maximum Gasteiger partial charge on any atom is 0.0363 e. The molecular weight excluding hydrogens is 172 g/mol. The van der Waals surface area contributed by atoms with Crippen LogP contribution in [0.2, 0.25) is 0 Å². The van der Waals surface area contributed by atoms with Gasteiger partial charge in [-0.1, -0.05) is 12.1 Å². The van der Waals surface area contributed by atoms with Crippen LogP contribution in [0, 0.1) is 0 Å². The van der Waals surface area contributed by atoms with Crippen LogP contribution in [-0.2, 0) is 0 Å². The van der Waals surface area contributed by atoms with E-state index in [4.69, 9.17) is 0 Å². The molecule has 1 aromatic rings. The SMILES string of the molecule is CCN(C)c1ccc(C(C)NC)cc1. The van der Waals surface area contributed by atoms with Gasteiger partial charge in [0.2, 0.25) is 0 Å². The van der Waals surface area contributed by atoms with E-state index in [2.05, 4.69) is 55.4 Å². The quantitative estimate of drug-likeness (QED) is 0.788. The predicted octanol–water partition coefficient (Wildman–Crippen LogP) is 2.42. The zero-order valence-corrected chi connectivity index (χ0v) is 9.54. The van der Waals surface area contributed by atoms with Crippen molar-refractivity contribution in [1.29, 1.82) is 0 Å². The lowest BCUT2D eigenvalue weighted by Crippen LogP contribution is -2.16. The fraction of sp³-hybridized carbons (Fsp3) is 0.500. The highest BCUT2D eigenvalue weighted by molar-refractivity contribution is 5.47. The Balaban J connectivity index is 2.78. The number of hydrogen-bond donors (Lipinski definition) is 1. The van der Waals surface area contributed by atoms with Crippen molar-refractivity contribution in [1.82, 2.24) is 5.32 Å². The highest BCUT2D eigenvalue weighted by atomic mass is 15.1. The summed E-state index contributed by atoms with van der Waals surface area (Å²) in [6.07, 6.45) is 0.